The van der Waals surface area contributed by atoms with Gasteiger partial charge in [-0.15, -0.1) is 0 Å². The van der Waals surface area contributed by atoms with Gasteiger partial charge in [-0.3, -0.25) is 9.69 Å². The molecule has 2 N–H and O–H groups in total. The van der Waals surface area contributed by atoms with E-state index in [0.29, 0.717) is 66.3 Å². The van der Waals surface area contributed by atoms with Gasteiger partial charge in [0.05, 0.1) is 48.9 Å². The van der Waals surface area contributed by atoms with E-state index in [1.807, 2.05) is 18.2 Å². The van der Waals surface area contributed by atoms with Crippen LogP contribution in [0.3, 0.4) is 0 Å². The number of likely N-dealkylation sites (tertiary alicyclic amines) is 1. The summed E-state index contributed by atoms with van der Waals surface area (Å²) in [5.74, 6) is 1.70. The van der Waals surface area contributed by atoms with Gasteiger partial charge >= 0.3 is 0 Å². The molecule has 0 bridgehead atoms. The summed E-state index contributed by atoms with van der Waals surface area (Å²) in [5, 5.41) is 14.5. The van der Waals surface area contributed by atoms with Gasteiger partial charge in [0.15, 0.2) is 17.3 Å². The number of halogens is 2. The number of methoxy groups -OCH3 is 3. The first-order valence-electron chi connectivity index (χ1n) is 11.3. The third kappa shape index (κ3) is 4.60. The summed E-state index contributed by atoms with van der Waals surface area (Å²) in [5.41, 5.74) is 0.990. The predicted octanol–water partition coefficient (Wildman–Crippen LogP) is 3.45. The number of aliphatic hydroxyl groups excluding tert-OH is 1. The standard InChI is InChI=1S/C25H30Cl2N2O5/c1-32-20-10-15(11-21(33-2)23(20)34-3)13-29-9-7-25(14-29,16-4-5-17(26)18(27)12-16)24(31)22-19(30)6-8-28-22/h4-5,10-12,19,22,28,30H,6-9,13-14H2,1-3H3/t19?,22-,25?/m0/s1. The lowest BCUT2D eigenvalue weighted by Crippen LogP contribution is -2.51. The molecule has 2 saturated heterocycles. The van der Waals surface area contributed by atoms with Gasteiger partial charge in [0.2, 0.25) is 5.75 Å². The summed E-state index contributed by atoms with van der Waals surface area (Å²) < 4.78 is 16.4. The highest BCUT2D eigenvalue weighted by molar-refractivity contribution is 6.42. The number of Topliss-reactive ketones (excluding diaryl/α,β-unsaturated/α-hetero) is 1. The Morgan fingerprint density at radius 3 is 2.38 bits per heavy atom. The number of nitrogens with zero attached hydrogens (tertiary/aromatic N) is 1. The molecule has 7 nitrogen and oxygen atoms in total. The molecule has 0 saturated carbocycles. The Balaban J connectivity index is 1.66. The molecule has 2 fully saturated rings. The zero-order valence-corrected chi connectivity index (χ0v) is 21.1. The number of ketones is 1. The van der Waals surface area contributed by atoms with Gasteiger partial charge in [-0.2, -0.15) is 0 Å². The van der Waals surface area contributed by atoms with E-state index in [1.165, 1.54) is 0 Å². The molecule has 2 unspecified atom stereocenters. The van der Waals surface area contributed by atoms with E-state index in [2.05, 4.69) is 10.2 Å². The van der Waals surface area contributed by atoms with Gasteiger partial charge in [-0.05, 0) is 61.3 Å². The normalized spacial score (nSPS) is 24.9. The number of carbonyl (C=O) groups excluding carboxylic acids is 1. The molecule has 0 aliphatic carbocycles. The molecule has 34 heavy (non-hydrogen) atoms. The second-order valence-corrected chi connectivity index (χ2v) is 9.67. The zero-order chi connectivity index (χ0) is 24.5. The summed E-state index contributed by atoms with van der Waals surface area (Å²) in [6, 6.07) is 8.63. The molecule has 2 aromatic carbocycles. The number of ether oxygens (including phenoxy) is 3. The minimum Gasteiger partial charge on any atom is -0.493 e. The predicted molar refractivity (Wildman–Crippen MR) is 132 cm³/mol. The van der Waals surface area contributed by atoms with Gasteiger partial charge in [-0.1, -0.05) is 29.3 Å². The Kier molecular flexibility index (Phi) is 7.60. The van der Waals surface area contributed by atoms with Gasteiger partial charge in [-0.25, -0.2) is 0 Å². The highest BCUT2D eigenvalue weighted by Gasteiger charge is 2.50. The fourth-order valence-electron chi connectivity index (χ4n) is 5.14. The molecule has 3 atom stereocenters. The third-order valence-electron chi connectivity index (χ3n) is 6.89. The minimum absolute atomic E-state index is 0.0109. The molecule has 9 heteroatoms. The average Bonchev–Trinajstić information content (AvgIpc) is 3.46. The number of benzene rings is 2. The fourth-order valence-corrected chi connectivity index (χ4v) is 5.43. The van der Waals surface area contributed by atoms with E-state index in [0.717, 1.165) is 11.1 Å². The molecule has 4 rings (SSSR count). The second-order valence-electron chi connectivity index (χ2n) is 8.86. The van der Waals surface area contributed by atoms with Gasteiger partial charge in [0.25, 0.3) is 0 Å². The lowest BCUT2D eigenvalue weighted by Gasteiger charge is -2.32. The van der Waals surface area contributed by atoms with Crippen molar-refractivity contribution in [3.63, 3.8) is 0 Å². The topological polar surface area (TPSA) is 80.3 Å². The quantitative estimate of drug-likeness (QED) is 0.565. The Morgan fingerprint density at radius 1 is 1.12 bits per heavy atom. The summed E-state index contributed by atoms with van der Waals surface area (Å²) in [7, 11) is 4.75. The van der Waals surface area contributed by atoms with E-state index in [9.17, 15) is 9.90 Å². The second kappa shape index (κ2) is 10.3. The van der Waals surface area contributed by atoms with Crippen molar-refractivity contribution >= 4 is 29.0 Å². The highest BCUT2D eigenvalue weighted by atomic mass is 35.5. The van der Waals surface area contributed by atoms with Crippen LogP contribution in [0, 0.1) is 0 Å². The van der Waals surface area contributed by atoms with Crippen molar-refractivity contribution in [3.05, 3.63) is 51.5 Å². The van der Waals surface area contributed by atoms with Crippen molar-refractivity contribution in [2.75, 3.05) is 41.0 Å². The van der Waals surface area contributed by atoms with Crippen LogP contribution >= 0.6 is 23.2 Å². The zero-order valence-electron chi connectivity index (χ0n) is 19.6. The number of hydrogen-bond acceptors (Lipinski definition) is 7. The maximum absolute atomic E-state index is 13.9. The maximum Gasteiger partial charge on any atom is 0.203 e. The molecule has 2 heterocycles. The summed E-state index contributed by atoms with van der Waals surface area (Å²) in [6.07, 6.45) is 0.471. The largest absolute Gasteiger partial charge is 0.493 e. The molecule has 0 spiro atoms. The monoisotopic (exact) mass is 508 g/mol. The van der Waals surface area contributed by atoms with Gasteiger partial charge < -0.3 is 24.6 Å². The first-order valence-corrected chi connectivity index (χ1v) is 12.0. The van der Waals surface area contributed by atoms with Crippen LogP contribution in [0.1, 0.15) is 24.0 Å². The van der Waals surface area contributed by atoms with E-state index in [4.69, 9.17) is 37.4 Å². The number of rotatable bonds is 8. The van der Waals surface area contributed by atoms with Crippen LogP contribution in [-0.4, -0.2) is 68.9 Å². The lowest BCUT2D eigenvalue weighted by atomic mass is 9.73. The first kappa shape index (κ1) is 25.1. The Morgan fingerprint density at radius 2 is 1.82 bits per heavy atom. The minimum atomic E-state index is -0.808. The molecule has 2 aliphatic heterocycles. The molecule has 0 radical (unpaired) electrons. The first-order chi connectivity index (χ1) is 16.3. The molecular weight excluding hydrogens is 479 g/mol. The SMILES string of the molecule is COc1cc(CN2CCC(C(=O)[C@H]3NCCC3O)(c3ccc(Cl)c(Cl)c3)C2)cc(OC)c1OC. The van der Waals surface area contributed by atoms with E-state index >= 15 is 0 Å². The number of nitrogens with one attached hydrogen (secondary N) is 1. The summed E-state index contributed by atoms with van der Waals surface area (Å²) in [4.78, 5) is 16.1. The Labute approximate surface area is 209 Å². The van der Waals surface area contributed by atoms with Crippen LogP contribution in [0.25, 0.3) is 0 Å². The lowest BCUT2D eigenvalue weighted by molar-refractivity contribution is -0.128. The number of carbonyl (C=O) groups is 1. The summed E-state index contributed by atoms with van der Waals surface area (Å²) in [6.45, 7) is 2.40. The summed E-state index contributed by atoms with van der Waals surface area (Å²) >= 11 is 12.5. The highest BCUT2D eigenvalue weighted by Crippen LogP contribution is 2.42. The molecule has 0 amide bonds. The average molecular weight is 509 g/mol. The molecule has 2 aliphatic rings. The van der Waals surface area contributed by atoms with Crippen molar-refractivity contribution in [2.24, 2.45) is 0 Å². The van der Waals surface area contributed by atoms with Crippen LogP contribution in [0.15, 0.2) is 30.3 Å². The van der Waals surface area contributed by atoms with Crippen molar-refractivity contribution in [1.29, 1.82) is 0 Å². The maximum atomic E-state index is 13.9. The molecule has 184 valence electrons. The number of hydrogen-bond donors (Lipinski definition) is 2. The van der Waals surface area contributed by atoms with E-state index < -0.39 is 17.6 Å². The van der Waals surface area contributed by atoms with E-state index in [-0.39, 0.29) is 5.78 Å². The van der Waals surface area contributed by atoms with Gasteiger partial charge in [0.1, 0.15) is 0 Å². The van der Waals surface area contributed by atoms with Crippen LogP contribution in [0.2, 0.25) is 10.0 Å². The molecule has 2 aromatic rings. The molecule has 0 aromatic heterocycles. The fraction of sp³-hybridized carbons (Fsp3) is 0.480. The smallest absolute Gasteiger partial charge is 0.203 e. The van der Waals surface area contributed by atoms with Crippen molar-refractivity contribution in [2.45, 2.75) is 36.9 Å². The van der Waals surface area contributed by atoms with Crippen LogP contribution in [0.5, 0.6) is 17.2 Å². The van der Waals surface area contributed by atoms with Crippen molar-refractivity contribution in [3.8, 4) is 17.2 Å². The van der Waals surface area contributed by atoms with Crippen LogP contribution in [0.4, 0.5) is 0 Å². The molecular formula is C25H30Cl2N2O5. The van der Waals surface area contributed by atoms with Crippen molar-refractivity contribution in [1.82, 2.24) is 10.2 Å². The Hall–Kier alpha value is -2.03. The van der Waals surface area contributed by atoms with Crippen molar-refractivity contribution < 1.29 is 24.1 Å². The van der Waals surface area contributed by atoms with Gasteiger partial charge in [0, 0.05) is 13.1 Å². The third-order valence-corrected chi connectivity index (χ3v) is 7.63. The number of aliphatic hydroxyl groups is 1. The van der Waals surface area contributed by atoms with Crippen LogP contribution in [-0.2, 0) is 16.8 Å². The van der Waals surface area contributed by atoms with Crippen LogP contribution < -0.4 is 19.5 Å². The Bertz CT molecular complexity index is 1040. The van der Waals surface area contributed by atoms with E-state index in [1.54, 1.807) is 33.5 Å².